The van der Waals surface area contributed by atoms with Gasteiger partial charge in [-0.15, -0.1) is 0 Å². The summed E-state index contributed by atoms with van der Waals surface area (Å²) in [6.07, 6.45) is 0.136. The van der Waals surface area contributed by atoms with Crippen LogP contribution in [0.15, 0.2) is 48.5 Å². The Morgan fingerprint density at radius 2 is 1.68 bits per heavy atom. The van der Waals surface area contributed by atoms with E-state index in [1.807, 2.05) is 24.3 Å². The van der Waals surface area contributed by atoms with E-state index in [-0.39, 0.29) is 43.2 Å². The Morgan fingerprint density at radius 1 is 1.06 bits per heavy atom. The van der Waals surface area contributed by atoms with Crippen LogP contribution in [0, 0.1) is 11.8 Å². The zero-order chi connectivity index (χ0) is 22.0. The quantitative estimate of drug-likeness (QED) is 0.682. The summed E-state index contributed by atoms with van der Waals surface area (Å²) in [5.74, 6) is -1.08. The predicted molar refractivity (Wildman–Crippen MR) is 115 cm³/mol. The summed E-state index contributed by atoms with van der Waals surface area (Å²) in [5.41, 5.74) is 4.68. The molecular weight excluding hydrogens is 396 g/mol. The molecule has 0 heterocycles. The highest BCUT2D eigenvalue weighted by Crippen LogP contribution is 2.44. The van der Waals surface area contributed by atoms with Crippen molar-refractivity contribution < 1.29 is 24.2 Å². The number of hydrogen-bond acceptors (Lipinski definition) is 4. The van der Waals surface area contributed by atoms with Gasteiger partial charge >= 0.3 is 12.1 Å². The summed E-state index contributed by atoms with van der Waals surface area (Å²) in [5, 5.41) is 11.5. The number of rotatable bonds is 8. The zero-order valence-corrected chi connectivity index (χ0v) is 17.4. The van der Waals surface area contributed by atoms with E-state index < -0.39 is 12.1 Å². The standard InChI is InChI=1S/C24H26N2O5/c1-26(11-10-22(27)28)23(29)20-12-15(20)13-25-24(30)31-14-21-18-8-4-2-6-16(18)17-7-3-5-9-19(17)21/h2-9,15,20-21H,10-14H2,1H3,(H,25,30)(H,27,28)/t15-,20-/m1/s1. The van der Waals surface area contributed by atoms with Gasteiger partial charge in [0.2, 0.25) is 5.91 Å². The van der Waals surface area contributed by atoms with Gasteiger partial charge in [0.05, 0.1) is 6.42 Å². The van der Waals surface area contributed by atoms with E-state index >= 15 is 0 Å². The summed E-state index contributed by atoms with van der Waals surface area (Å²) in [6.45, 7) is 0.821. The maximum atomic E-state index is 12.3. The van der Waals surface area contributed by atoms with Crippen molar-refractivity contribution in [2.24, 2.45) is 11.8 Å². The van der Waals surface area contributed by atoms with Crippen molar-refractivity contribution in [3.63, 3.8) is 0 Å². The highest BCUT2D eigenvalue weighted by Gasteiger charge is 2.44. The monoisotopic (exact) mass is 422 g/mol. The maximum absolute atomic E-state index is 12.3. The third-order valence-corrected chi connectivity index (χ3v) is 6.13. The van der Waals surface area contributed by atoms with Gasteiger partial charge in [-0.1, -0.05) is 48.5 Å². The molecule has 162 valence electrons. The predicted octanol–water partition coefficient (Wildman–Crippen LogP) is 3.09. The second-order valence-corrected chi connectivity index (χ2v) is 8.21. The SMILES string of the molecule is CN(CCC(=O)O)C(=O)[C@@H]1C[C@@H]1CNC(=O)OCC1c2ccccc2-c2ccccc21. The molecule has 2 aliphatic carbocycles. The molecular formula is C24H26N2O5. The van der Waals surface area contributed by atoms with Crippen molar-refractivity contribution in [1.29, 1.82) is 0 Å². The number of alkyl carbamates (subject to hydrolysis) is 1. The first-order valence-electron chi connectivity index (χ1n) is 10.5. The first-order valence-corrected chi connectivity index (χ1v) is 10.5. The van der Waals surface area contributed by atoms with Gasteiger partial charge in [-0.05, 0) is 34.6 Å². The van der Waals surface area contributed by atoms with E-state index in [2.05, 4.69) is 29.6 Å². The topological polar surface area (TPSA) is 95.9 Å². The van der Waals surface area contributed by atoms with Crippen LogP contribution in [0.3, 0.4) is 0 Å². The number of carbonyl (C=O) groups is 3. The Balaban J connectivity index is 1.25. The third-order valence-electron chi connectivity index (χ3n) is 6.13. The zero-order valence-electron chi connectivity index (χ0n) is 17.4. The number of nitrogens with zero attached hydrogens (tertiary/aromatic N) is 1. The largest absolute Gasteiger partial charge is 0.481 e. The molecule has 0 aliphatic heterocycles. The number of nitrogens with one attached hydrogen (secondary N) is 1. The highest BCUT2D eigenvalue weighted by atomic mass is 16.5. The summed E-state index contributed by atoms with van der Waals surface area (Å²) in [4.78, 5) is 36.6. The molecule has 7 heteroatoms. The second-order valence-electron chi connectivity index (χ2n) is 8.21. The van der Waals surface area contributed by atoms with E-state index in [0.717, 1.165) is 11.1 Å². The van der Waals surface area contributed by atoms with E-state index in [9.17, 15) is 14.4 Å². The molecule has 1 fully saturated rings. The normalized spacial score (nSPS) is 18.6. The van der Waals surface area contributed by atoms with Crippen LogP contribution in [0.5, 0.6) is 0 Å². The molecule has 0 unspecified atom stereocenters. The first-order chi connectivity index (χ1) is 15.0. The smallest absolute Gasteiger partial charge is 0.407 e. The fraction of sp³-hybridized carbons (Fsp3) is 0.375. The van der Waals surface area contributed by atoms with Gasteiger partial charge in [-0.3, -0.25) is 9.59 Å². The average Bonchev–Trinajstić information content (AvgIpc) is 3.49. The third kappa shape index (κ3) is 4.55. The van der Waals surface area contributed by atoms with Crippen LogP contribution >= 0.6 is 0 Å². The van der Waals surface area contributed by atoms with Gasteiger partial charge in [0.1, 0.15) is 6.61 Å². The number of fused-ring (bicyclic) bond motifs is 3. The number of carboxylic acid groups (broad SMARTS) is 1. The first kappa shape index (κ1) is 20.9. The molecule has 2 N–H and O–H groups in total. The maximum Gasteiger partial charge on any atom is 0.407 e. The minimum atomic E-state index is -0.927. The molecule has 7 nitrogen and oxygen atoms in total. The van der Waals surface area contributed by atoms with Crippen molar-refractivity contribution in [3.8, 4) is 11.1 Å². The Kier molecular flexibility index (Phi) is 5.93. The molecule has 0 bridgehead atoms. The van der Waals surface area contributed by atoms with E-state index in [1.54, 1.807) is 7.05 Å². The fourth-order valence-corrected chi connectivity index (χ4v) is 4.30. The number of aliphatic carboxylic acids is 1. The molecule has 4 rings (SSSR count). The molecule has 0 spiro atoms. The van der Waals surface area contributed by atoms with Gasteiger partial charge < -0.3 is 20.1 Å². The number of ether oxygens (including phenoxy) is 1. The molecule has 2 amide bonds. The number of carbonyl (C=O) groups excluding carboxylic acids is 2. The highest BCUT2D eigenvalue weighted by molar-refractivity contribution is 5.82. The lowest BCUT2D eigenvalue weighted by molar-refractivity contribution is -0.138. The molecule has 2 aromatic carbocycles. The number of amides is 2. The van der Waals surface area contributed by atoms with E-state index in [0.29, 0.717) is 13.0 Å². The van der Waals surface area contributed by atoms with Gasteiger partial charge in [0, 0.05) is 32.0 Å². The van der Waals surface area contributed by atoms with Gasteiger partial charge in [-0.2, -0.15) is 0 Å². The van der Waals surface area contributed by atoms with Crippen molar-refractivity contribution in [3.05, 3.63) is 59.7 Å². The van der Waals surface area contributed by atoms with Crippen LogP contribution < -0.4 is 5.32 Å². The van der Waals surface area contributed by atoms with Crippen LogP contribution in [0.25, 0.3) is 11.1 Å². The van der Waals surface area contributed by atoms with Gasteiger partial charge in [0.25, 0.3) is 0 Å². The molecule has 2 aliphatic rings. The minimum absolute atomic E-state index is 0.0105. The van der Waals surface area contributed by atoms with Crippen molar-refractivity contribution in [1.82, 2.24) is 10.2 Å². The van der Waals surface area contributed by atoms with Crippen molar-refractivity contribution in [2.75, 3.05) is 26.7 Å². The lowest BCUT2D eigenvalue weighted by Gasteiger charge is -2.16. The summed E-state index contributed by atoms with van der Waals surface area (Å²) in [7, 11) is 1.61. The lowest BCUT2D eigenvalue weighted by atomic mass is 9.98. The molecule has 31 heavy (non-hydrogen) atoms. The summed E-state index contributed by atoms with van der Waals surface area (Å²) < 4.78 is 5.52. The minimum Gasteiger partial charge on any atom is -0.481 e. The average molecular weight is 422 g/mol. The second kappa shape index (κ2) is 8.79. The fourth-order valence-electron chi connectivity index (χ4n) is 4.30. The molecule has 1 saturated carbocycles. The van der Waals surface area contributed by atoms with Crippen LogP contribution in [0.4, 0.5) is 4.79 Å². The lowest BCUT2D eigenvalue weighted by Crippen LogP contribution is -2.32. The molecule has 0 saturated heterocycles. The number of carboxylic acids is 1. The Bertz CT molecular complexity index is 959. The van der Waals surface area contributed by atoms with Crippen LogP contribution in [-0.4, -0.2) is 54.7 Å². The Morgan fingerprint density at radius 3 is 2.29 bits per heavy atom. The molecule has 2 atom stereocenters. The van der Waals surface area contributed by atoms with Gasteiger partial charge in [0.15, 0.2) is 0 Å². The Hall–Kier alpha value is -3.35. The van der Waals surface area contributed by atoms with Crippen LogP contribution in [0.1, 0.15) is 29.9 Å². The van der Waals surface area contributed by atoms with Crippen molar-refractivity contribution in [2.45, 2.75) is 18.8 Å². The van der Waals surface area contributed by atoms with Crippen LogP contribution in [0.2, 0.25) is 0 Å². The Labute approximate surface area is 181 Å². The summed E-state index contributed by atoms with van der Waals surface area (Å²) >= 11 is 0. The van der Waals surface area contributed by atoms with E-state index in [1.165, 1.54) is 16.0 Å². The number of benzene rings is 2. The summed E-state index contributed by atoms with van der Waals surface area (Å²) in [6, 6.07) is 16.3. The van der Waals surface area contributed by atoms with Crippen molar-refractivity contribution >= 4 is 18.0 Å². The van der Waals surface area contributed by atoms with Gasteiger partial charge in [-0.25, -0.2) is 4.79 Å². The number of hydrogen-bond donors (Lipinski definition) is 2. The van der Waals surface area contributed by atoms with E-state index in [4.69, 9.17) is 9.84 Å². The molecule has 0 radical (unpaired) electrons. The van der Waals surface area contributed by atoms with Crippen LogP contribution in [-0.2, 0) is 14.3 Å². The molecule has 0 aromatic heterocycles. The molecule has 2 aromatic rings.